The maximum Gasteiger partial charge on any atom is 0.254 e. The van der Waals surface area contributed by atoms with Gasteiger partial charge in [-0.25, -0.2) is 8.42 Å². The lowest BCUT2D eigenvalue weighted by Gasteiger charge is -2.38. The summed E-state index contributed by atoms with van der Waals surface area (Å²) in [6.07, 6.45) is 2.96. The van der Waals surface area contributed by atoms with E-state index in [9.17, 15) is 13.2 Å². The smallest absolute Gasteiger partial charge is 0.254 e. The van der Waals surface area contributed by atoms with E-state index in [1.165, 1.54) is 0 Å². The maximum atomic E-state index is 12.8. The van der Waals surface area contributed by atoms with Crippen LogP contribution in [0.1, 0.15) is 35.7 Å². The molecule has 2 rings (SSSR count). The standard InChI is InChI=1S/C16H25N3O3S/c1-11-6-7-19(14(8-11)10-17)16(20)13-5-4-12(2)15(9-13)18-23(3,21)22/h4-5,9,11,14,18H,6-8,10,17H2,1-3H3. The number of likely N-dealkylation sites (tertiary alicyclic amines) is 1. The summed E-state index contributed by atoms with van der Waals surface area (Å²) < 4.78 is 25.4. The molecule has 1 saturated heterocycles. The Hall–Kier alpha value is -1.60. The maximum absolute atomic E-state index is 12.8. The molecule has 1 aliphatic heterocycles. The SMILES string of the molecule is Cc1ccc(C(=O)N2CCC(C)CC2CN)cc1NS(C)(=O)=O. The van der Waals surface area contributed by atoms with Crippen LogP contribution < -0.4 is 10.5 Å². The summed E-state index contributed by atoms with van der Waals surface area (Å²) in [6, 6.07) is 5.13. The summed E-state index contributed by atoms with van der Waals surface area (Å²) in [7, 11) is -3.38. The van der Waals surface area contributed by atoms with E-state index in [1.54, 1.807) is 25.1 Å². The average Bonchev–Trinajstić information content (AvgIpc) is 2.47. The van der Waals surface area contributed by atoms with Gasteiger partial charge in [0.05, 0.1) is 11.9 Å². The van der Waals surface area contributed by atoms with Gasteiger partial charge in [0.15, 0.2) is 0 Å². The Labute approximate surface area is 138 Å². The van der Waals surface area contributed by atoms with Gasteiger partial charge >= 0.3 is 0 Å². The zero-order valence-electron chi connectivity index (χ0n) is 13.9. The van der Waals surface area contributed by atoms with Crippen LogP contribution in [0.15, 0.2) is 18.2 Å². The van der Waals surface area contributed by atoms with E-state index in [1.807, 2.05) is 4.90 Å². The first-order valence-corrected chi connectivity index (χ1v) is 9.70. The van der Waals surface area contributed by atoms with Gasteiger partial charge in [0.25, 0.3) is 5.91 Å². The second-order valence-corrected chi connectivity index (χ2v) is 8.17. The van der Waals surface area contributed by atoms with Crippen LogP contribution in [0.3, 0.4) is 0 Å². The number of nitrogens with two attached hydrogens (primary N) is 1. The first kappa shape index (κ1) is 17.7. The molecule has 7 heteroatoms. The summed E-state index contributed by atoms with van der Waals surface area (Å²) in [5.41, 5.74) is 7.52. The molecular formula is C16H25N3O3S. The molecule has 1 fully saturated rings. The van der Waals surface area contributed by atoms with Gasteiger partial charge in [-0.15, -0.1) is 0 Å². The molecule has 6 nitrogen and oxygen atoms in total. The molecule has 0 radical (unpaired) electrons. The predicted octanol–water partition coefficient (Wildman–Crippen LogP) is 1.57. The number of hydrogen-bond donors (Lipinski definition) is 2. The molecule has 0 bridgehead atoms. The first-order valence-electron chi connectivity index (χ1n) is 7.80. The van der Waals surface area contributed by atoms with Crippen molar-refractivity contribution in [2.45, 2.75) is 32.7 Å². The van der Waals surface area contributed by atoms with Crippen LogP contribution in [0.25, 0.3) is 0 Å². The predicted molar refractivity (Wildman–Crippen MR) is 91.9 cm³/mol. The minimum atomic E-state index is -3.38. The quantitative estimate of drug-likeness (QED) is 0.871. The van der Waals surface area contributed by atoms with Crippen molar-refractivity contribution in [3.05, 3.63) is 29.3 Å². The summed E-state index contributed by atoms with van der Waals surface area (Å²) in [5.74, 6) is 0.469. The Morgan fingerprint density at radius 1 is 1.43 bits per heavy atom. The highest BCUT2D eigenvalue weighted by molar-refractivity contribution is 7.92. The molecule has 1 aromatic carbocycles. The number of nitrogens with zero attached hydrogens (tertiary/aromatic N) is 1. The van der Waals surface area contributed by atoms with Crippen LogP contribution >= 0.6 is 0 Å². The molecule has 0 aliphatic carbocycles. The zero-order valence-corrected chi connectivity index (χ0v) is 14.7. The van der Waals surface area contributed by atoms with Gasteiger partial charge in [-0.05, 0) is 43.4 Å². The Kier molecular flexibility index (Phi) is 5.31. The van der Waals surface area contributed by atoms with Crippen LogP contribution in [0.5, 0.6) is 0 Å². The van der Waals surface area contributed by atoms with Gasteiger partial charge in [0.2, 0.25) is 10.0 Å². The second kappa shape index (κ2) is 6.88. The molecule has 0 aromatic heterocycles. The number of piperidine rings is 1. The fourth-order valence-corrected chi connectivity index (χ4v) is 3.59. The van der Waals surface area contributed by atoms with E-state index in [0.29, 0.717) is 30.3 Å². The normalized spacial score (nSPS) is 22.0. The van der Waals surface area contributed by atoms with Gasteiger partial charge in [-0.2, -0.15) is 0 Å². The zero-order chi connectivity index (χ0) is 17.2. The number of nitrogens with one attached hydrogen (secondary N) is 1. The van der Waals surface area contributed by atoms with E-state index in [2.05, 4.69) is 11.6 Å². The Morgan fingerprint density at radius 2 is 2.13 bits per heavy atom. The monoisotopic (exact) mass is 339 g/mol. The van der Waals surface area contributed by atoms with Crippen molar-refractivity contribution in [1.29, 1.82) is 0 Å². The van der Waals surface area contributed by atoms with E-state index in [4.69, 9.17) is 5.73 Å². The number of amides is 1. The summed E-state index contributed by atoms with van der Waals surface area (Å²) in [4.78, 5) is 14.6. The average molecular weight is 339 g/mol. The largest absolute Gasteiger partial charge is 0.334 e. The van der Waals surface area contributed by atoms with Gasteiger partial charge in [0, 0.05) is 24.7 Å². The minimum Gasteiger partial charge on any atom is -0.334 e. The third-order valence-corrected chi connectivity index (χ3v) is 4.88. The van der Waals surface area contributed by atoms with E-state index in [-0.39, 0.29) is 11.9 Å². The Balaban J connectivity index is 2.27. The number of aryl methyl sites for hydroxylation is 1. The topological polar surface area (TPSA) is 92.5 Å². The Bertz CT molecular complexity index is 688. The van der Waals surface area contributed by atoms with Gasteiger partial charge < -0.3 is 10.6 Å². The summed E-state index contributed by atoms with van der Waals surface area (Å²) in [6.45, 7) is 5.10. The molecule has 2 atom stereocenters. The molecule has 1 heterocycles. The van der Waals surface area contributed by atoms with Crippen molar-refractivity contribution in [3.63, 3.8) is 0 Å². The van der Waals surface area contributed by atoms with Crippen molar-refractivity contribution in [2.24, 2.45) is 11.7 Å². The highest BCUT2D eigenvalue weighted by Gasteiger charge is 2.29. The molecule has 2 unspecified atom stereocenters. The van der Waals surface area contributed by atoms with E-state index in [0.717, 1.165) is 24.7 Å². The van der Waals surface area contributed by atoms with Crippen LogP contribution in [0.4, 0.5) is 5.69 Å². The van der Waals surface area contributed by atoms with Crippen molar-refractivity contribution in [3.8, 4) is 0 Å². The van der Waals surface area contributed by atoms with Crippen LogP contribution in [0.2, 0.25) is 0 Å². The van der Waals surface area contributed by atoms with Crippen molar-refractivity contribution in [1.82, 2.24) is 4.90 Å². The van der Waals surface area contributed by atoms with Crippen LogP contribution in [0, 0.1) is 12.8 Å². The number of benzene rings is 1. The van der Waals surface area contributed by atoms with Crippen LogP contribution in [-0.4, -0.2) is 44.6 Å². The second-order valence-electron chi connectivity index (χ2n) is 6.42. The molecule has 0 spiro atoms. The molecule has 3 N–H and O–H groups in total. The molecule has 0 saturated carbocycles. The number of anilines is 1. The molecule has 1 aliphatic rings. The number of sulfonamides is 1. The van der Waals surface area contributed by atoms with Gasteiger partial charge in [-0.3, -0.25) is 9.52 Å². The third-order valence-electron chi connectivity index (χ3n) is 4.29. The number of rotatable bonds is 4. The molecule has 1 amide bonds. The lowest BCUT2D eigenvalue weighted by molar-refractivity contribution is 0.0573. The number of carbonyl (C=O) groups is 1. The fraction of sp³-hybridized carbons (Fsp3) is 0.562. The highest BCUT2D eigenvalue weighted by atomic mass is 32.2. The molecule has 1 aromatic rings. The van der Waals surface area contributed by atoms with E-state index < -0.39 is 10.0 Å². The third kappa shape index (κ3) is 4.45. The molecule has 128 valence electrons. The van der Waals surface area contributed by atoms with E-state index >= 15 is 0 Å². The lowest BCUT2D eigenvalue weighted by atomic mass is 9.92. The van der Waals surface area contributed by atoms with Crippen molar-refractivity contribution < 1.29 is 13.2 Å². The molecule has 23 heavy (non-hydrogen) atoms. The van der Waals surface area contributed by atoms with Gasteiger partial charge in [-0.1, -0.05) is 13.0 Å². The fourth-order valence-electron chi connectivity index (χ4n) is 2.97. The molecular weight excluding hydrogens is 314 g/mol. The Morgan fingerprint density at radius 3 is 2.74 bits per heavy atom. The summed E-state index contributed by atoms with van der Waals surface area (Å²) >= 11 is 0. The number of carbonyl (C=O) groups excluding carboxylic acids is 1. The lowest BCUT2D eigenvalue weighted by Crippen LogP contribution is -2.49. The van der Waals surface area contributed by atoms with Crippen LogP contribution in [-0.2, 0) is 10.0 Å². The summed E-state index contributed by atoms with van der Waals surface area (Å²) in [5, 5.41) is 0. The minimum absolute atomic E-state index is 0.0406. The van der Waals surface area contributed by atoms with Gasteiger partial charge in [0.1, 0.15) is 0 Å². The van der Waals surface area contributed by atoms with Crippen molar-refractivity contribution >= 4 is 21.6 Å². The number of hydrogen-bond acceptors (Lipinski definition) is 4. The first-order chi connectivity index (χ1) is 10.7. The van der Waals surface area contributed by atoms with Crippen molar-refractivity contribution in [2.75, 3.05) is 24.1 Å². The highest BCUT2D eigenvalue weighted by Crippen LogP contribution is 2.25.